The molecule has 3 aliphatic heterocycles. The van der Waals surface area contributed by atoms with Crippen LogP contribution >= 0.6 is 0 Å². The molecule has 3 saturated heterocycles. The van der Waals surface area contributed by atoms with Gasteiger partial charge in [0, 0.05) is 113 Å². The number of H-pyrrole nitrogens is 1. The van der Waals surface area contributed by atoms with E-state index in [4.69, 9.17) is 71.4 Å². The maximum absolute atomic E-state index is 16.6. The van der Waals surface area contributed by atoms with E-state index in [-0.39, 0.29) is 112 Å². The molecule has 148 heavy (non-hydrogen) atoms. The van der Waals surface area contributed by atoms with Gasteiger partial charge in [-0.25, -0.2) is 28.3 Å². The lowest BCUT2D eigenvalue weighted by Crippen LogP contribution is -2.50. The summed E-state index contributed by atoms with van der Waals surface area (Å²) in [6, 6.07) is 19.4. The number of halogens is 2. The standard InChI is InChI=1S/C109H159F2N11O26/c1-7-8-9-10-11-12-16-19-22-43-121(99(126)23-20-17-14-13-15-18-21-24-100(127)128)93(106(132)133)32-34-98(125)120(50-42-112-96(123)37-51-137-54-55-139-58-59-141-62-63-143-66-67-145-70-71-147-73-72-146-69-68-144-65-64-142-61-60-140-57-56-138-53-52-135-5)79-101(129)148-108(3,4)85-30-31-87(90(111)75-85)104(130)116-91-77-86(110)76-88(81(91)2)102-89-78-92(115-103(89)114-80-113-102)83-27-25-82(26-28-83)35-44-118-46-38-109(39-47-118)40-48-119(49-41-109)105(131)84-29-33-95(136-6)94(74-84)122-45-36-97(124)117-107(122)134/h25-31,33,74-78,80,93H,7-24,32,34-73,79H2,1-6H3,(H,112,123)(H,116,130)(H,127,128)(H,132,133)(H,113,114,115)(H,117,124,134)/t93-/m0/s1. The van der Waals surface area contributed by atoms with Crippen molar-refractivity contribution in [2.45, 2.75) is 213 Å². The Bertz CT molecular complexity index is 5020. The van der Waals surface area contributed by atoms with Crippen LogP contribution in [0.25, 0.3) is 33.5 Å². The molecule has 1 spiro atoms. The predicted molar refractivity (Wildman–Crippen MR) is 552 cm³/mol. The van der Waals surface area contributed by atoms with Crippen molar-refractivity contribution in [3.8, 4) is 28.3 Å². The number of rotatable bonds is 78. The maximum Gasteiger partial charge on any atom is 0.328 e. The third-order valence-corrected chi connectivity index (χ3v) is 26.8. The number of aromatic nitrogens is 3. The summed E-state index contributed by atoms with van der Waals surface area (Å²) in [5.41, 5.74) is 3.58. The molecule has 6 aromatic rings. The number of aliphatic carboxylic acids is 2. The van der Waals surface area contributed by atoms with Gasteiger partial charge in [0.15, 0.2) is 0 Å². The fraction of sp³-hybridized carbons (Fsp3) is 0.633. The number of carboxylic acid groups (broad SMARTS) is 2. The van der Waals surface area contributed by atoms with E-state index in [2.05, 4.69) is 54.9 Å². The van der Waals surface area contributed by atoms with Gasteiger partial charge in [0.2, 0.25) is 23.6 Å². The number of imide groups is 1. The van der Waals surface area contributed by atoms with E-state index in [1.807, 2.05) is 23.1 Å². The van der Waals surface area contributed by atoms with Gasteiger partial charge in [-0.15, -0.1) is 0 Å². The van der Waals surface area contributed by atoms with Crippen LogP contribution in [0.15, 0.2) is 85.2 Å². The van der Waals surface area contributed by atoms with E-state index in [0.717, 1.165) is 156 Å². The first-order valence-corrected chi connectivity index (χ1v) is 52.8. The van der Waals surface area contributed by atoms with Gasteiger partial charge in [0.05, 0.1) is 176 Å². The van der Waals surface area contributed by atoms with Crippen molar-refractivity contribution >= 4 is 81.8 Å². The van der Waals surface area contributed by atoms with Crippen molar-refractivity contribution < 1.29 is 133 Å². The first-order valence-electron chi connectivity index (χ1n) is 52.8. The van der Waals surface area contributed by atoms with Crippen LogP contribution in [0.1, 0.15) is 225 Å². The number of likely N-dealkylation sites (tertiary alicyclic amines) is 2. The van der Waals surface area contributed by atoms with Crippen molar-refractivity contribution in [3.05, 3.63) is 125 Å². The largest absolute Gasteiger partial charge is 0.495 e. The van der Waals surface area contributed by atoms with Crippen LogP contribution in [-0.4, -0.2) is 342 Å². The molecule has 3 aliphatic rings. The average Bonchev–Trinajstić information content (AvgIpc) is 1.55. The number of anilines is 2. The molecule has 2 aromatic heterocycles. The Balaban J connectivity index is 0.722. The molecule has 0 saturated carbocycles. The number of nitrogens with one attached hydrogen (secondary N) is 4. The summed E-state index contributed by atoms with van der Waals surface area (Å²) in [4.78, 5) is 154. The smallest absolute Gasteiger partial charge is 0.328 e. The van der Waals surface area contributed by atoms with Crippen molar-refractivity contribution in [1.29, 1.82) is 0 Å². The van der Waals surface area contributed by atoms with Crippen molar-refractivity contribution in [3.63, 3.8) is 0 Å². The van der Waals surface area contributed by atoms with Crippen LogP contribution in [0.3, 0.4) is 0 Å². The van der Waals surface area contributed by atoms with Crippen LogP contribution in [0.5, 0.6) is 5.75 Å². The first-order chi connectivity index (χ1) is 71.8. The number of benzene rings is 4. The second-order valence-electron chi connectivity index (χ2n) is 38.0. The topological polar surface area (TPSA) is 434 Å². The van der Waals surface area contributed by atoms with Gasteiger partial charge in [-0.1, -0.05) is 121 Å². The number of carbonyl (C=O) groups excluding carboxylic acids is 8. The van der Waals surface area contributed by atoms with Gasteiger partial charge >= 0.3 is 23.9 Å². The Morgan fingerprint density at radius 1 is 0.568 bits per heavy atom. The monoisotopic (exact) mass is 2080 g/mol. The van der Waals surface area contributed by atoms with Crippen LogP contribution in [0, 0.1) is 24.0 Å². The lowest BCUT2D eigenvalue weighted by atomic mass is 9.71. The molecular weight excluding hydrogens is 1920 g/mol. The highest BCUT2D eigenvalue weighted by Crippen LogP contribution is 2.43. The van der Waals surface area contributed by atoms with Gasteiger partial charge in [-0.2, -0.15) is 0 Å². The molecule has 820 valence electrons. The van der Waals surface area contributed by atoms with E-state index in [9.17, 15) is 53.1 Å². The van der Waals surface area contributed by atoms with Crippen LogP contribution in [-0.2, 0) is 107 Å². The molecule has 37 nitrogen and oxygen atoms in total. The fourth-order valence-electron chi connectivity index (χ4n) is 18.0. The number of fused-ring (bicyclic) bond motifs is 1. The number of piperidine rings is 2. The third kappa shape index (κ3) is 43.4. The molecule has 6 N–H and O–H groups in total. The van der Waals surface area contributed by atoms with Crippen molar-refractivity contribution in [1.82, 2.24) is 45.2 Å². The Hall–Kier alpha value is -10.7. The predicted octanol–water partition coefficient (Wildman–Crippen LogP) is 14.3. The number of ether oxygens (including phenoxy) is 14. The third-order valence-electron chi connectivity index (χ3n) is 26.8. The summed E-state index contributed by atoms with van der Waals surface area (Å²) in [6.07, 6.45) is 19.7. The number of aromatic amines is 1. The minimum absolute atomic E-state index is 0.0286. The lowest BCUT2D eigenvalue weighted by molar-refractivity contribution is -0.161. The zero-order valence-corrected chi connectivity index (χ0v) is 87.7. The van der Waals surface area contributed by atoms with Gasteiger partial charge in [0.1, 0.15) is 47.5 Å². The highest BCUT2D eigenvalue weighted by Gasteiger charge is 2.40. The van der Waals surface area contributed by atoms with E-state index < -0.39 is 83.5 Å². The normalized spacial score (nSPS) is 14.1. The summed E-state index contributed by atoms with van der Waals surface area (Å²) in [7, 11) is 3.13. The average molecular weight is 2080 g/mol. The SMILES string of the molecule is CCCCCCCCCCCN(C(=O)CCCCCCCCCC(=O)O)[C@@H](CCC(=O)N(CCNC(=O)CCOCCOCCOCCOCCOCCOCCOCCOCCOCCOCCOCCOC)CC(=O)OC(C)(C)c1ccc(C(=O)Nc2cc(F)cc(-c3ncnc4[nH]c(-c5ccc(CCN6CCC7(CC6)CCN(C(=O)c6ccc(OC)c(N8CCC(=O)NC8=O)c6)CC7)cc5)cc34)c2C)c(F)c1)C(=O)O. The molecule has 4 aromatic carbocycles. The number of hydrogen-bond donors (Lipinski definition) is 6. The molecule has 5 heterocycles. The molecule has 0 aliphatic carbocycles. The molecule has 8 amide bonds. The van der Waals surface area contributed by atoms with Crippen LogP contribution < -0.4 is 25.6 Å². The van der Waals surface area contributed by atoms with Crippen LogP contribution in [0.2, 0.25) is 0 Å². The second-order valence-corrected chi connectivity index (χ2v) is 38.0. The zero-order valence-electron chi connectivity index (χ0n) is 87.7. The van der Waals surface area contributed by atoms with Gasteiger partial charge in [0.25, 0.3) is 11.8 Å². The number of amides is 8. The number of esters is 1. The molecule has 0 radical (unpaired) electrons. The van der Waals surface area contributed by atoms with Crippen LogP contribution in [0.4, 0.5) is 25.0 Å². The molecule has 3 fully saturated rings. The Labute approximate surface area is 868 Å². The quantitative estimate of drug-likeness (QED) is 0.0152. The van der Waals surface area contributed by atoms with Gasteiger partial charge in [-0.05, 0) is 168 Å². The summed E-state index contributed by atoms with van der Waals surface area (Å²) in [5, 5.41) is 28.3. The minimum atomic E-state index is -1.61. The second kappa shape index (κ2) is 68.2. The number of urea groups is 1. The van der Waals surface area contributed by atoms with Gasteiger partial charge in [-0.3, -0.25) is 48.6 Å². The molecule has 0 bridgehead atoms. The molecule has 39 heteroatoms. The first kappa shape index (κ1) is 121. The summed E-state index contributed by atoms with van der Waals surface area (Å²) in [5.74, 6) is -7.20. The highest BCUT2D eigenvalue weighted by molar-refractivity contribution is 6.08. The van der Waals surface area contributed by atoms with E-state index in [1.54, 1.807) is 32.2 Å². The Morgan fingerprint density at radius 3 is 1.65 bits per heavy atom. The molecule has 1 atom stereocenters. The number of methoxy groups -OCH3 is 2. The number of carboxylic acids is 2. The van der Waals surface area contributed by atoms with Crippen molar-refractivity contribution in [2.24, 2.45) is 5.41 Å². The maximum atomic E-state index is 16.6. The summed E-state index contributed by atoms with van der Waals surface area (Å²) < 4.78 is 110. The number of carbonyl (C=O) groups is 10. The van der Waals surface area contributed by atoms with Crippen molar-refractivity contribution in [2.75, 3.05) is 242 Å². The minimum Gasteiger partial charge on any atom is -0.495 e. The van der Waals surface area contributed by atoms with E-state index in [0.29, 0.717) is 216 Å². The molecule has 0 unspecified atom stereocenters. The number of unbranched alkanes of at least 4 members (excludes halogenated alkanes) is 14. The fourth-order valence-corrected chi connectivity index (χ4v) is 18.0. The van der Waals surface area contributed by atoms with E-state index in [1.165, 1.54) is 61.7 Å². The zero-order chi connectivity index (χ0) is 106. The molecule has 9 rings (SSSR count). The van der Waals surface area contributed by atoms with Gasteiger partial charge < -0.3 is 112 Å². The number of hydrogen-bond acceptors (Lipinski definition) is 27. The summed E-state index contributed by atoms with van der Waals surface area (Å²) in [6.45, 7) is 19.3. The van der Waals surface area contributed by atoms with E-state index >= 15 is 8.78 Å². The Morgan fingerprint density at radius 2 is 1.11 bits per heavy atom. The molecular formula is C109H159F2N11O26. The summed E-state index contributed by atoms with van der Waals surface area (Å²) >= 11 is 0. The Kier molecular flexibility index (Phi) is 55.7. The number of nitrogens with zero attached hydrogens (tertiary/aromatic N) is 7. The highest BCUT2D eigenvalue weighted by atomic mass is 19.1. The lowest BCUT2D eigenvalue weighted by Gasteiger charge is -2.47.